The molecule has 0 aromatic rings. The molecule has 0 saturated heterocycles. The Kier molecular flexibility index (Phi) is 14.1. The third-order valence-corrected chi connectivity index (χ3v) is 3.00. The first kappa shape index (κ1) is 24.7. The zero-order valence-corrected chi connectivity index (χ0v) is 16.2. The predicted octanol–water partition coefficient (Wildman–Crippen LogP) is -0.0127. The molecule has 9 nitrogen and oxygen atoms in total. The van der Waals surface area contributed by atoms with Crippen LogP contribution in [-0.4, -0.2) is 76.4 Å². The van der Waals surface area contributed by atoms with Gasteiger partial charge in [-0.05, 0) is 20.8 Å². The highest BCUT2D eigenvalue weighted by Gasteiger charge is 2.22. The smallest absolute Gasteiger partial charge is 0.307 e. The molecule has 0 saturated carbocycles. The van der Waals surface area contributed by atoms with Gasteiger partial charge in [0.2, 0.25) is 0 Å². The summed E-state index contributed by atoms with van der Waals surface area (Å²) in [5.74, 6) is -0.654. The Balaban J connectivity index is 3.72. The number of esters is 2. The van der Waals surface area contributed by atoms with Crippen LogP contribution in [0.5, 0.6) is 0 Å². The molecule has 0 spiro atoms. The van der Waals surface area contributed by atoms with Crippen molar-refractivity contribution < 1.29 is 33.3 Å². The van der Waals surface area contributed by atoms with Crippen LogP contribution < -0.4 is 11.5 Å². The van der Waals surface area contributed by atoms with Crippen LogP contribution >= 0.6 is 0 Å². The molecule has 0 radical (unpaired) electrons. The minimum atomic E-state index is -0.516. The van der Waals surface area contributed by atoms with Crippen molar-refractivity contribution in [1.29, 1.82) is 0 Å². The number of hydrogen-bond acceptors (Lipinski definition) is 9. The maximum absolute atomic E-state index is 11.1. The van der Waals surface area contributed by atoms with E-state index in [1.54, 1.807) is 0 Å². The van der Waals surface area contributed by atoms with E-state index < -0.39 is 5.60 Å². The molecule has 0 rings (SSSR count). The average Bonchev–Trinajstić information content (AvgIpc) is 2.54. The van der Waals surface area contributed by atoms with Gasteiger partial charge < -0.3 is 35.2 Å². The van der Waals surface area contributed by atoms with Crippen molar-refractivity contribution in [2.24, 2.45) is 11.5 Å². The van der Waals surface area contributed by atoms with Gasteiger partial charge in [-0.2, -0.15) is 0 Å². The lowest BCUT2D eigenvalue weighted by Crippen LogP contribution is -2.36. The monoisotopic (exact) mass is 378 g/mol. The number of ether oxygens (including phenoxy) is 5. The Hall–Kier alpha value is -1.26. The molecule has 4 N–H and O–H groups in total. The lowest BCUT2D eigenvalue weighted by molar-refractivity contribution is -0.149. The summed E-state index contributed by atoms with van der Waals surface area (Å²) in [5.41, 5.74) is 9.99. The fourth-order valence-corrected chi connectivity index (χ4v) is 1.99. The van der Waals surface area contributed by atoms with E-state index in [0.29, 0.717) is 26.4 Å². The summed E-state index contributed by atoms with van der Waals surface area (Å²) in [6, 6.07) is 0. The lowest BCUT2D eigenvalue weighted by Gasteiger charge is -2.29. The van der Waals surface area contributed by atoms with E-state index in [2.05, 4.69) is 0 Å². The van der Waals surface area contributed by atoms with Gasteiger partial charge >= 0.3 is 11.9 Å². The highest BCUT2D eigenvalue weighted by molar-refractivity contribution is 5.69. The molecule has 0 amide bonds. The topological polar surface area (TPSA) is 132 Å². The Labute approximate surface area is 155 Å². The molecule has 0 heterocycles. The number of rotatable bonds is 16. The second kappa shape index (κ2) is 14.9. The van der Waals surface area contributed by atoms with E-state index >= 15 is 0 Å². The first-order valence-electron chi connectivity index (χ1n) is 8.85. The molecule has 0 fully saturated rings. The molecule has 0 aliphatic heterocycles. The zero-order valence-electron chi connectivity index (χ0n) is 16.2. The van der Waals surface area contributed by atoms with E-state index in [9.17, 15) is 9.59 Å². The second-order valence-electron chi connectivity index (χ2n) is 6.33. The van der Waals surface area contributed by atoms with Gasteiger partial charge in [0.25, 0.3) is 0 Å². The Morgan fingerprint density at radius 2 is 1.38 bits per heavy atom. The van der Waals surface area contributed by atoms with Crippen LogP contribution in [0.3, 0.4) is 0 Å². The fraction of sp³-hybridized carbons (Fsp3) is 0.882. The Morgan fingerprint density at radius 1 is 0.885 bits per heavy atom. The number of carbonyl (C=O) groups excluding carboxylic acids is 2. The maximum Gasteiger partial charge on any atom is 0.307 e. The third kappa shape index (κ3) is 15.0. The molecule has 0 aliphatic rings. The van der Waals surface area contributed by atoms with Crippen molar-refractivity contribution in [3.8, 4) is 0 Å². The van der Waals surface area contributed by atoms with Gasteiger partial charge in [0.15, 0.2) is 0 Å². The van der Waals surface area contributed by atoms with Crippen molar-refractivity contribution in [2.45, 2.75) is 45.3 Å². The van der Waals surface area contributed by atoms with E-state index in [4.69, 9.17) is 35.2 Å². The van der Waals surface area contributed by atoms with E-state index in [1.165, 1.54) is 0 Å². The molecule has 9 heteroatoms. The predicted molar refractivity (Wildman–Crippen MR) is 95.5 cm³/mol. The normalized spacial score (nSPS) is 12.7. The first-order chi connectivity index (χ1) is 12.3. The van der Waals surface area contributed by atoms with Crippen molar-refractivity contribution >= 4 is 11.9 Å². The van der Waals surface area contributed by atoms with Crippen LogP contribution in [0.1, 0.15) is 33.6 Å². The molecule has 0 aromatic carbocycles. The quantitative estimate of drug-likeness (QED) is 0.281. The fourth-order valence-electron chi connectivity index (χ4n) is 1.99. The highest BCUT2D eigenvalue weighted by Crippen LogP contribution is 2.13. The average molecular weight is 378 g/mol. The Morgan fingerprint density at radius 3 is 1.88 bits per heavy atom. The van der Waals surface area contributed by atoms with Gasteiger partial charge in [-0.1, -0.05) is 0 Å². The molecular formula is C17H34N2O7. The molecule has 0 bridgehead atoms. The van der Waals surface area contributed by atoms with E-state index in [1.807, 2.05) is 20.8 Å². The van der Waals surface area contributed by atoms with Crippen molar-refractivity contribution in [1.82, 2.24) is 0 Å². The molecule has 0 aliphatic carbocycles. The zero-order chi connectivity index (χ0) is 19.8. The highest BCUT2D eigenvalue weighted by atomic mass is 16.6. The van der Waals surface area contributed by atoms with Gasteiger partial charge in [-0.15, -0.1) is 0 Å². The van der Waals surface area contributed by atoms with Crippen LogP contribution in [0.2, 0.25) is 0 Å². The Bertz CT molecular complexity index is 391. The first-order valence-corrected chi connectivity index (χ1v) is 8.85. The molecule has 1 atom stereocenters. The molecule has 0 aromatic heterocycles. The van der Waals surface area contributed by atoms with Gasteiger partial charge in [-0.3, -0.25) is 9.59 Å². The molecule has 154 valence electrons. The van der Waals surface area contributed by atoms with Crippen LogP contribution in [-0.2, 0) is 33.3 Å². The number of carbonyl (C=O) groups is 2. The van der Waals surface area contributed by atoms with Gasteiger partial charge in [0.1, 0.15) is 13.2 Å². The third-order valence-electron chi connectivity index (χ3n) is 3.00. The van der Waals surface area contributed by atoms with E-state index in [0.717, 1.165) is 0 Å². The largest absolute Gasteiger partial charge is 0.463 e. The van der Waals surface area contributed by atoms with Crippen LogP contribution in [0.4, 0.5) is 0 Å². The van der Waals surface area contributed by atoms with Gasteiger partial charge in [0, 0.05) is 13.1 Å². The summed E-state index contributed by atoms with van der Waals surface area (Å²) in [6.07, 6.45) is 0.258. The van der Waals surface area contributed by atoms with Crippen molar-refractivity contribution in [2.75, 3.05) is 52.7 Å². The maximum atomic E-state index is 11.1. The molecule has 26 heavy (non-hydrogen) atoms. The van der Waals surface area contributed by atoms with Crippen molar-refractivity contribution in [3.05, 3.63) is 0 Å². The number of nitrogens with two attached hydrogens (primary N) is 2. The van der Waals surface area contributed by atoms with Crippen LogP contribution in [0, 0.1) is 0 Å². The SMILES string of the molecule is CC(COCCOC(=O)CCN)OC(C)(C)COCCOC(=O)CCN. The van der Waals surface area contributed by atoms with Crippen LogP contribution in [0.15, 0.2) is 0 Å². The van der Waals surface area contributed by atoms with Gasteiger partial charge in [-0.25, -0.2) is 0 Å². The lowest BCUT2D eigenvalue weighted by atomic mass is 10.1. The van der Waals surface area contributed by atoms with E-state index in [-0.39, 0.29) is 57.2 Å². The molecular weight excluding hydrogens is 344 g/mol. The summed E-state index contributed by atoms with van der Waals surface area (Å²) < 4.78 is 26.6. The minimum Gasteiger partial charge on any atom is -0.463 e. The standard InChI is InChI=1S/C17H34N2O7/c1-14(12-22-8-10-24-15(20)4-6-18)26-17(2,3)13-23-9-11-25-16(21)5-7-19/h14H,4-13,18-19H2,1-3H3. The van der Waals surface area contributed by atoms with Crippen LogP contribution in [0.25, 0.3) is 0 Å². The van der Waals surface area contributed by atoms with Crippen molar-refractivity contribution in [3.63, 3.8) is 0 Å². The second-order valence-corrected chi connectivity index (χ2v) is 6.33. The summed E-state index contributed by atoms with van der Waals surface area (Å²) in [4.78, 5) is 22.3. The summed E-state index contributed by atoms with van der Waals surface area (Å²) in [7, 11) is 0. The van der Waals surface area contributed by atoms with Gasteiger partial charge in [0.05, 0.1) is 51.0 Å². The summed E-state index contributed by atoms with van der Waals surface area (Å²) in [5, 5.41) is 0. The minimum absolute atomic E-state index is 0.157. The number of hydrogen-bond donors (Lipinski definition) is 2. The summed E-state index contributed by atoms with van der Waals surface area (Å²) >= 11 is 0. The molecule has 1 unspecified atom stereocenters. The summed E-state index contributed by atoms with van der Waals surface area (Å²) in [6.45, 7) is 7.94.